The van der Waals surface area contributed by atoms with Crippen LogP contribution in [0.1, 0.15) is 28.5 Å². The van der Waals surface area contributed by atoms with Crippen molar-refractivity contribution >= 4 is 27.3 Å². The van der Waals surface area contributed by atoms with Crippen molar-refractivity contribution in [3.8, 4) is 0 Å². The SMILES string of the molecule is Brc1ccc2c(c1)CCC2NCc1cncs1. The van der Waals surface area contributed by atoms with Gasteiger partial charge in [0.15, 0.2) is 0 Å². The van der Waals surface area contributed by atoms with E-state index in [0.29, 0.717) is 6.04 Å². The maximum absolute atomic E-state index is 4.10. The average Bonchev–Trinajstić information content (AvgIpc) is 2.94. The van der Waals surface area contributed by atoms with Crippen LogP contribution >= 0.6 is 27.3 Å². The number of thiazole rings is 1. The summed E-state index contributed by atoms with van der Waals surface area (Å²) in [5, 5.41) is 3.61. The van der Waals surface area contributed by atoms with Crippen LogP contribution in [0.15, 0.2) is 34.4 Å². The number of aromatic nitrogens is 1. The van der Waals surface area contributed by atoms with Crippen molar-refractivity contribution < 1.29 is 0 Å². The fourth-order valence-corrected chi connectivity index (χ4v) is 3.31. The number of nitrogens with zero attached hydrogens (tertiary/aromatic N) is 1. The van der Waals surface area contributed by atoms with Gasteiger partial charge in [-0.25, -0.2) is 0 Å². The molecular formula is C13H13BrN2S. The molecule has 2 aromatic rings. The van der Waals surface area contributed by atoms with E-state index in [1.807, 2.05) is 11.7 Å². The molecule has 0 radical (unpaired) electrons. The molecule has 0 saturated heterocycles. The van der Waals surface area contributed by atoms with Crippen LogP contribution in [0.4, 0.5) is 0 Å². The molecule has 1 heterocycles. The summed E-state index contributed by atoms with van der Waals surface area (Å²) in [5.74, 6) is 0. The van der Waals surface area contributed by atoms with Crippen LogP contribution in [0.3, 0.4) is 0 Å². The molecule has 1 aliphatic carbocycles. The number of hydrogen-bond donors (Lipinski definition) is 1. The van der Waals surface area contributed by atoms with E-state index < -0.39 is 0 Å². The summed E-state index contributed by atoms with van der Waals surface area (Å²) in [5.41, 5.74) is 4.82. The third-order valence-corrected chi connectivity index (χ3v) is 4.46. The Balaban J connectivity index is 1.71. The third-order valence-electron chi connectivity index (χ3n) is 3.19. The van der Waals surface area contributed by atoms with Crippen LogP contribution in [0, 0.1) is 0 Å². The number of rotatable bonds is 3. The minimum Gasteiger partial charge on any atom is -0.305 e. The zero-order chi connectivity index (χ0) is 11.7. The van der Waals surface area contributed by atoms with Gasteiger partial charge in [0.25, 0.3) is 0 Å². The second-order valence-electron chi connectivity index (χ2n) is 4.28. The number of aryl methyl sites for hydroxylation is 1. The first kappa shape index (κ1) is 11.4. The molecule has 1 N–H and O–H groups in total. The van der Waals surface area contributed by atoms with Crippen LogP contribution in [0.2, 0.25) is 0 Å². The van der Waals surface area contributed by atoms with Gasteiger partial charge in [0.2, 0.25) is 0 Å². The second kappa shape index (κ2) is 4.88. The van der Waals surface area contributed by atoms with E-state index in [0.717, 1.165) is 6.54 Å². The van der Waals surface area contributed by atoms with Crippen LogP contribution < -0.4 is 5.32 Å². The number of fused-ring (bicyclic) bond motifs is 1. The number of hydrogen-bond acceptors (Lipinski definition) is 3. The van der Waals surface area contributed by atoms with Gasteiger partial charge in [-0.1, -0.05) is 22.0 Å². The van der Waals surface area contributed by atoms with Crippen LogP contribution in [0.5, 0.6) is 0 Å². The zero-order valence-corrected chi connectivity index (χ0v) is 11.7. The largest absolute Gasteiger partial charge is 0.305 e. The molecule has 3 rings (SSSR count). The topological polar surface area (TPSA) is 24.9 Å². The number of nitrogens with one attached hydrogen (secondary N) is 1. The van der Waals surface area contributed by atoms with Crippen molar-refractivity contribution in [3.63, 3.8) is 0 Å². The molecule has 0 fully saturated rings. The van der Waals surface area contributed by atoms with E-state index in [2.05, 4.69) is 44.4 Å². The molecule has 4 heteroatoms. The van der Waals surface area contributed by atoms with Crippen molar-refractivity contribution in [1.82, 2.24) is 10.3 Å². The van der Waals surface area contributed by atoms with Crippen LogP contribution in [-0.2, 0) is 13.0 Å². The van der Waals surface area contributed by atoms with Gasteiger partial charge in [-0.15, -0.1) is 11.3 Å². The molecule has 1 aliphatic rings. The van der Waals surface area contributed by atoms with Crippen molar-refractivity contribution in [1.29, 1.82) is 0 Å². The lowest BCUT2D eigenvalue weighted by molar-refractivity contribution is 0.533. The van der Waals surface area contributed by atoms with E-state index in [1.165, 1.54) is 33.3 Å². The fourth-order valence-electron chi connectivity index (χ4n) is 2.35. The summed E-state index contributed by atoms with van der Waals surface area (Å²) in [6.07, 6.45) is 4.31. The maximum Gasteiger partial charge on any atom is 0.0794 e. The van der Waals surface area contributed by atoms with Crippen LogP contribution in [0.25, 0.3) is 0 Å². The highest BCUT2D eigenvalue weighted by atomic mass is 79.9. The summed E-state index contributed by atoms with van der Waals surface area (Å²) in [4.78, 5) is 5.40. The molecule has 2 nitrogen and oxygen atoms in total. The van der Waals surface area contributed by atoms with Gasteiger partial charge in [0, 0.05) is 28.1 Å². The normalized spacial score (nSPS) is 18.3. The highest BCUT2D eigenvalue weighted by Crippen LogP contribution is 2.33. The Morgan fingerprint density at radius 2 is 2.41 bits per heavy atom. The molecule has 1 aromatic carbocycles. The lowest BCUT2D eigenvalue weighted by Crippen LogP contribution is -2.17. The molecule has 0 amide bonds. The Hall–Kier alpha value is -0.710. The molecule has 1 aromatic heterocycles. The quantitative estimate of drug-likeness (QED) is 0.935. The van der Waals surface area contributed by atoms with Gasteiger partial charge in [-0.3, -0.25) is 4.98 Å². The predicted octanol–water partition coefficient (Wildman–Crippen LogP) is 3.68. The van der Waals surface area contributed by atoms with Gasteiger partial charge < -0.3 is 5.32 Å². The van der Waals surface area contributed by atoms with Crippen molar-refractivity contribution in [2.45, 2.75) is 25.4 Å². The molecule has 1 atom stereocenters. The summed E-state index contributed by atoms with van der Waals surface area (Å²) in [6, 6.07) is 7.10. The predicted molar refractivity (Wildman–Crippen MR) is 74.2 cm³/mol. The third kappa shape index (κ3) is 2.44. The monoisotopic (exact) mass is 308 g/mol. The number of halogens is 1. The molecule has 0 spiro atoms. The molecule has 17 heavy (non-hydrogen) atoms. The Kier molecular flexibility index (Phi) is 3.27. The summed E-state index contributed by atoms with van der Waals surface area (Å²) < 4.78 is 1.18. The molecule has 0 bridgehead atoms. The van der Waals surface area contributed by atoms with Crippen molar-refractivity contribution in [2.24, 2.45) is 0 Å². The summed E-state index contributed by atoms with van der Waals surface area (Å²) in [6.45, 7) is 0.921. The molecule has 88 valence electrons. The van der Waals surface area contributed by atoms with Gasteiger partial charge in [0.1, 0.15) is 0 Å². The molecule has 0 aliphatic heterocycles. The first-order chi connectivity index (χ1) is 8.33. The lowest BCUT2D eigenvalue weighted by atomic mass is 10.1. The minimum atomic E-state index is 0.500. The first-order valence-electron chi connectivity index (χ1n) is 5.72. The summed E-state index contributed by atoms with van der Waals surface area (Å²) >= 11 is 5.24. The fraction of sp³-hybridized carbons (Fsp3) is 0.308. The zero-order valence-electron chi connectivity index (χ0n) is 9.32. The lowest BCUT2D eigenvalue weighted by Gasteiger charge is -2.13. The second-order valence-corrected chi connectivity index (χ2v) is 6.17. The van der Waals surface area contributed by atoms with E-state index in [4.69, 9.17) is 0 Å². The van der Waals surface area contributed by atoms with E-state index in [9.17, 15) is 0 Å². The maximum atomic E-state index is 4.10. The number of benzene rings is 1. The van der Waals surface area contributed by atoms with Gasteiger partial charge in [-0.2, -0.15) is 0 Å². The van der Waals surface area contributed by atoms with E-state index in [1.54, 1.807) is 11.3 Å². The standard InChI is InChI=1S/C13H13BrN2S/c14-10-2-3-12-9(5-10)1-4-13(12)16-7-11-6-15-8-17-11/h2-3,5-6,8,13,16H,1,4,7H2. The van der Waals surface area contributed by atoms with Crippen molar-refractivity contribution in [2.75, 3.05) is 0 Å². The average molecular weight is 309 g/mol. The Bertz CT molecular complexity index is 510. The van der Waals surface area contributed by atoms with Gasteiger partial charge in [0.05, 0.1) is 5.51 Å². The Morgan fingerprint density at radius 1 is 1.47 bits per heavy atom. The van der Waals surface area contributed by atoms with E-state index in [-0.39, 0.29) is 0 Å². The van der Waals surface area contributed by atoms with Crippen LogP contribution in [-0.4, -0.2) is 4.98 Å². The highest BCUT2D eigenvalue weighted by Gasteiger charge is 2.21. The first-order valence-corrected chi connectivity index (χ1v) is 7.39. The Morgan fingerprint density at radius 3 is 3.24 bits per heavy atom. The smallest absolute Gasteiger partial charge is 0.0794 e. The van der Waals surface area contributed by atoms with Crippen molar-refractivity contribution in [3.05, 3.63) is 50.4 Å². The molecule has 1 unspecified atom stereocenters. The molecular weight excluding hydrogens is 296 g/mol. The van der Waals surface area contributed by atoms with Gasteiger partial charge >= 0.3 is 0 Å². The summed E-state index contributed by atoms with van der Waals surface area (Å²) in [7, 11) is 0. The Labute approximate surface area is 113 Å². The highest BCUT2D eigenvalue weighted by molar-refractivity contribution is 9.10. The van der Waals surface area contributed by atoms with Gasteiger partial charge in [-0.05, 0) is 36.1 Å². The van der Waals surface area contributed by atoms with E-state index >= 15 is 0 Å². The molecule has 0 saturated carbocycles. The minimum absolute atomic E-state index is 0.500.